The topological polar surface area (TPSA) is 119 Å². The summed E-state index contributed by atoms with van der Waals surface area (Å²) in [6, 6.07) is 1.81. The van der Waals surface area contributed by atoms with Crippen molar-refractivity contribution in [3.8, 4) is 0 Å². The molecule has 1 aliphatic carbocycles. The van der Waals surface area contributed by atoms with Crippen LogP contribution in [0, 0.1) is 5.41 Å². The van der Waals surface area contributed by atoms with E-state index in [2.05, 4.69) is 42.3 Å². The van der Waals surface area contributed by atoms with E-state index in [9.17, 15) is 0 Å². The Bertz CT molecular complexity index is 1130. The normalized spacial score (nSPS) is 15.7. The second-order valence-electron chi connectivity index (χ2n) is 7.62. The predicted octanol–water partition coefficient (Wildman–Crippen LogP) is 2.27. The van der Waals surface area contributed by atoms with Gasteiger partial charge in [0.2, 0.25) is 0 Å². The van der Waals surface area contributed by atoms with E-state index in [1.54, 1.807) is 24.3 Å². The van der Waals surface area contributed by atoms with Crippen molar-refractivity contribution in [3.05, 3.63) is 70.7 Å². The number of nitrogens with one attached hydrogen (secondary N) is 1. The molecule has 160 valence electrons. The van der Waals surface area contributed by atoms with Gasteiger partial charge in [-0.15, -0.1) is 15.9 Å². The van der Waals surface area contributed by atoms with E-state index >= 15 is 0 Å². The number of nitrogens with zero attached hydrogens (tertiary/aromatic N) is 6. The van der Waals surface area contributed by atoms with Crippen LogP contribution in [0.4, 0.5) is 5.82 Å². The summed E-state index contributed by atoms with van der Waals surface area (Å²) >= 11 is 0. The molecule has 0 spiro atoms. The Morgan fingerprint density at radius 2 is 2.10 bits per heavy atom. The highest BCUT2D eigenvalue weighted by Crippen LogP contribution is 2.21. The lowest BCUT2D eigenvalue weighted by Gasteiger charge is -2.28. The van der Waals surface area contributed by atoms with Gasteiger partial charge in [0.1, 0.15) is 23.7 Å². The molecule has 0 radical (unpaired) electrons. The largest absolute Gasteiger partial charge is 0.490 e. The molecular formula is C22H26N8O. The number of hydrogen-bond donors (Lipinski definition) is 2. The molecule has 0 bridgehead atoms. The first-order valence-electron chi connectivity index (χ1n) is 10.3. The molecule has 1 aliphatic heterocycles. The number of fused-ring (bicyclic) bond motifs is 1. The zero-order chi connectivity index (χ0) is 22.0. The average molecular weight is 419 g/mol. The summed E-state index contributed by atoms with van der Waals surface area (Å²) in [5.74, 6) is 3.31. The fourth-order valence-corrected chi connectivity index (χ4v) is 3.55. The van der Waals surface area contributed by atoms with E-state index in [1.165, 1.54) is 6.33 Å². The van der Waals surface area contributed by atoms with Gasteiger partial charge in [0.15, 0.2) is 5.82 Å². The summed E-state index contributed by atoms with van der Waals surface area (Å²) in [7, 11) is 0. The number of ether oxygens (including phenoxy) is 1. The third-order valence-electron chi connectivity index (χ3n) is 5.08. The zero-order valence-corrected chi connectivity index (χ0v) is 18.0. The summed E-state index contributed by atoms with van der Waals surface area (Å²) in [6.45, 7) is 8.18. The molecule has 2 aromatic heterocycles. The second-order valence-corrected chi connectivity index (χ2v) is 7.62. The van der Waals surface area contributed by atoms with Crippen molar-refractivity contribution in [1.82, 2.24) is 24.7 Å². The molecule has 31 heavy (non-hydrogen) atoms. The fraction of sp³-hybridized carbons (Fsp3) is 0.364. The summed E-state index contributed by atoms with van der Waals surface area (Å²) in [6.07, 6.45) is 7.57. The number of anilines is 1. The molecule has 9 nitrogen and oxygen atoms in total. The Labute approximate surface area is 181 Å². The number of aryl methyl sites for hydroxylation is 1. The highest BCUT2D eigenvalue weighted by atomic mass is 16.5. The summed E-state index contributed by atoms with van der Waals surface area (Å²) in [4.78, 5) is 10.8. The van der Waals surface area contributed by atoms with Crippen LogP contribution in [0.25, 0.3) is 0 Å². The quantitative estimate of drug-likeness (QED) is 0.545. The third-order valence-corrected chi connectivity index (χ3v) is 5.08. The first kappa shape index (κ1) is 20.6. The van der Waals surface area contributed by atoms with Crippen molar-refractivity contribution in [2.75, 3.05) is 11.4 Å². The van der Waals surface area contributed by atoms with Crippen LogP contribution in [-0.2, 0) is 24.2 Å². The van der Waals surface area contributed by atoms with Gasteiger partial charge in [-0.1, -0.05) is 6.92 Å². The predicted molar refractivity (Wildman–Crippen MR) is 117 cm³/mol. The molecule has 3 heterocycles. The van der Waals surface area contributed by atoms with Gasteiger partial charge in [-0.2, -0.15) is 0 Å². The molecule has 4 rings (SSSR count). The average Bonchev–Trinajstić information content (AvgIpc) is 3.10. The molecule has 9 heteroatoms. The molecule has 0 aromatic carbocycles. The Kier molecular flexibility index (Phi) is 5.68. The Morgan fingerprint density at radius 3 is 2.87 bits per heavy atom. The van der Waals surface area contributed by atoms with Crippen molar-refractivity contribution >= 4 is 11.5 Å². The van der Waals surface area contributed by atoms with Crippen LogP contribution >= 0.6 is 0 Å². The SMILES string of the molecule is CCc1nnc2n1CCN(c1cc(C(=N)C3=C=CC(OC(C)C)=CC=C3N)ncn1)C2. The van der Waals surface area contributed by atoms with Gasteiger partial charge in [0.25, 0.3) is 0 Å². The molecule has 2 aromatic rings. The van der Waals surface area contributed by atoms with Crippen LogP contribution in [0.1, 0.15) is 38.1 Å². The van der Waals surface area contributed by atoms with Gasteiger partial charge in [-0.05, 0) is 26.0 Å². The molecule has 0 unspecified atom stereocenters. The number of aromatic nitrogens is 5. The maximum Gasteiger partial charge on any atom is 0.152 e. The van der Waals surface area contributed by atoms with Crippen molar-refractivity contribution in [3.63, 3.8) is 0 Å². The molecular weight excluding hydrogens is 392 g/mol. The summed E-state index contributed by atoms with van der Waals surface area (Å²) in [5, 5.41) is 17.2. The first-order valence-corrected chi connectivity index (χ1v) is 10.3. The molecule has 0 fully saturated rings. The minimum absolute atomic E-state index is 0.0353. The van der Waals surface area contributed by atoms with Crippen LogP contribution in [0.2, 0.25) is 0 Å². The van der Waals surface area contributed by atoms with Crippen molar-refractivity contribution < 1.29 is 4.74 Å². The number of allylic oxidation sites excluding steroid dienone is 4. The van der Waals surface area contributed by atoms with Gasteiger partial charge in [-0.3, -0.25) is 5.41 Å². The van der Waals surface area contributed by atoms with E-state index in [1.807, 2.05) is 13.8 Å². The van der Waals surface area contributed by atoms with E-state index in [4.69, 9.17) is 15.9 Å². The standard InChI is InChI=1S/C22H26N8O/c1-4-19-27-28-21-12-29(9-10-30(19)21)20-11-18(25-13-26-20)22(24)16-7-5-15(31-14(2)3)6-8-17(16)23/h5-6,8,11,13-14,24H,4,9-10,12,23H2,1-3H3. The summed E-state index contributed by atoms with van der Waals surface area (Å²) < 4.78 is 7.87. The van der Waals surface area contributed by atoms with Crippen molar-refractivity contribution in [2.45, 2.75) is 46.4 Å². The monoisotopic (exact) mass is 418 g/mol. The van der Waals surface area contributed by atoms with Crippen LogP contribution in [0.5, 0.6) is 0 Å². The summed E-state index contributed by atoms with van der Waals surface area (Å²) in [5.41, 5.74) is 10.8. The van der Waals surface area contributed by atoms with E-state index in [-0.39, 0.29) is 11.8 Å². The fourth-order valence-electron chi connectivity index (χ4n) is 3.55. The van der Waals surface area contributed by atoms with Crippen LogP contribution in [0.3, 0.4) is 0 Å². The van der Waals surface area contributed by atoms with Gasteiger partial charge >= 0.3 is 0 Å². The molecule has 2 aliphatic rings. The molecule has 0 amide bonds. The lowest BCUT2D eigenvalue weighted by atomic mass is 10.1. The lowest BCUT2D eigenvalue weighted by Crippen LogP contribution is -2.35. The Hall–Kier alpha value is -3.71. The lowest BCUT2D eigenvalue weighted by molar-refractivity contribution is 0.158. The smallest absolute Gasteiger partial charge is 0.152 e. The molecule has 0 saturated heterocycles. The number of hydrogen-bond acceptors (Lipinski definition) is 8. The zero-order valence-electron chi connectivity index (χ0n) is 18.0. The van der Waals surface area contributed by atoms with Crippen LogP contribution < -0.4 is 10.6 Å². The van der Waals surface area contributed by atoms with Crippen molar-refractivity contribution in [2.24, 2.45) is 5.73 Å². The van der Waals surface area contributed by atoms with Gasteiger partial charge < -0.3 is 19.9 Å². The van der Waals surface area contributed by atoms with Gasteiger partial charge in [-0.25, -0.2) is 9.97 Å². The van der Waals surface area contributed by atoms with E-state index in [0.717, 1.165) is 37.0 Å². The highest BCUT2D eigenvalue weighted by Gasteiger charge is 2.22. The molecule has 0 saturated carbocycles. The number of nitrogens with two attached hydrogens (primary N) is 1. The second kappa shape index (κ2) is 8.57. The van der Waals surface area contributed by atoms with Crippen LogP contribution in [0.15, 0.2) is 53.4 Å². The number of rotatable bonds is 6. The van der Waals surface area contributed by atoms with Crippen molar-refractivity contribution in [1.29, 1.82) is 5.41 Å². The Balaban J connectivity index is 1.57. The highest BCUT2D eigenvalue weighted by molar-refractivity contribution is 6.12. The van der Waals surface area contributed by atoms with Gasteiger partial charge in [0.05, 0.1) is 29.6 Å². The Morgan fingerprint density at radius 1 is 1.26 bits per heavy atom. The molecule has 3 N–H and O–H groups in total. The third kappa shape index (κ3) is 4.27. The minimum atomic E-state index is 0.0353. The van der Waals surface area contributed by atoms with E-state index < -0.39 is 0 Å². The molecule has 0 atom stereocenters. The minimum Gasteiger partial charge on any atom is -0.490 e. The van der Waals surface area contributed by atoms with Crippen LogP contribution in [-0.4, -0.2) is 43.1 Å². The maximum absolute atomic E-state index is 8.68. The van der Waals surface area contributed by atoms with E-state index in [0.29, 0.717) is 29.3 Å². The maximum atomic E-state index is 8.68. The van der Waals surface area contributed by atoms with Gasteiger partial charge in [0, 0.05) is 37.3 Å². The first-order chi connectivity index (χ1) is 15.0.